The van der Waals surface area contributed by atoms with Crippen molar-refractivity contribution in [3.8, 4) is 0 Å². The number of carbonyl (C=O) groups excluding carboxylic acids is 2. The lowest BCUT2D eigenvalue weighted by molar-refractivity contribution is -0.134. The number of carbonyl (C=O) groups is 2. The number of hydrogen-bond donors (Lipinski definition) is 1. The second kappa shape index (κ2) is 6.87. The highest BCUT2D eigenvalue weighted by molar-refractivity contribution is 5.94. The monoisotopic (exact) mass is 311 g/mol. The predicted molar refractivity (Wildman–Crippen MR) is 84.2 cm³/mol. The maximum absolute atomic E-state index is 12.0. The van der Waals surface area contributed by atoms with E-state index >= 15 is 0 Å². The van der Waals surface area contributed by atoms with E-state index in [0.29, 0.717) is 25.3 Å². The normalized spacial score (nSPS) is 15.0. The molecule has 1 aromatic carbocycles. The van der Waals surface area contributed by atoms with Crippen LogP contribution in [0, 0.1) is 0 Å². The fraction of sp³-hybridized carbons (Fsp3) is 0.250. The van der Waals surface area contributed by atoms with Crippen molar-refractivity contribution >= 4 is 17.9 Å². The van der Waals surface area contributed by atoms with Gasteiger partial charge in [0.05, 0.1) is 19.3 Å². The van der Waals surface area contributed by atoms with Crippen LogP contribution < -0.4 is 5.32 Å². The lowest BCUT2D eigenvalue weighted by atomic mass is 10.2. The molecule has 1 saturated heterocycles. The first kappa shape index (κ1) is 15.0. The van der Waals surface area contributed by atoms with Gasteiger partial charge in [0.15, 0.2) is 0 Å². The van der Waals surface area contributed by atoms with E-state index in [1.807, 2.05) is 30.3 Å². The van der Waals surface area contributed by atoms with Crippen LogP contribution in [-0.2, 0) is 16.1 Å². The van der Waals surface area contributed by atoms with Crippen LogP contribution in [0.25, 0.3) is 6.08 Å². The van der Waals surface area contributed by atoms with E-state index in [0.717, 1.165) is 5.56 Å². The van der Waals surface area contributed by atoms with E-state index in [9.17, 15) is 9.59 Å². The van der Waals surface area contributed by atoms with E-state index in [-0.39, 0.29) is 18.4 Å². The molecule has 0 aliphatic carbocycles. The van der Waals surface area contributed by atoms with Gasteiger partial charge in [0.2, 0.25) is 11.8 Å². The molecule has 3 rings (SSSR count). The Labute approximate surface area is 133 Å². The number of nitrogens with zero attached hydrogens (tertiary/aromatic N) is 4. The van der Waals surface area contributed by atoms with Crippen molar-refractivity contribution in [2.45, 2.75) is 6.54 Å². The van der Waals surface area contributed by atoms with Crippen LogP contribution in [0.2, 0.25) is 0 Å². The molecule has 0 atom stereocenters. The molecule has 2 heterocycles. The first-order valence-corrected chi connectivity index (χ1v) is 7.38. The number of nitrogens with one attached hydrogen (secondary N) is 1. The van der Waals surface area contributed by atoms with Crippen molar-refractivity contribution in [2.75, 3.05) is 19.6 Å². The number of benzene rings is 1. The molecule has 7 heteroatoms. The minimum atomic E-state index is -0.197. The van der Waals surface area contributed by atoms with E-state index in [1.54, 1.807) is 17.0 Å². The highest BCUT2D eigenvalue weighted by Crippen LogP contribution is 2.04. The lowest BCUT2D eigenvalue weighted by Gasteiger charge is -2.25. The average molecular weight is 311 g/mol. The summed E-state index contributed by atoms with van der Waals surface area (Å²) in [4.78, 5) is 24.8. The van der Waals surface area contributed by atoms with Gasteiger partial charge in [-0.05, 0) is 11.6 Å². The van der Waals surface area contributed by atoms with Crippen LogP contribution in [0.4, 0.5) is 0 Å². The summed E-state index contributed by atoms with van der Waals surface area (Å²) in [5, 5.41) is 10.7. The van der Waals surface area contributed by atoms with E-state index in [1.165, 1.54) is 11.0 Å². The maximum atomic E-state index is 12.0. The summed E-state index contributed by atoms with van der Waals surface area (Å²) in [5.41, 5.74) is 1.74. The highest BCUT2D eigenvalue weighted by atomic mass is 16.2. The summed E-state index contributed by atoms with van der Waals surface area (Å²) in [5.74, 6) is -0.329. The Morgan fingerprint density at radius 3 is 2.91 bits per heavy atom. The number of hydrogen-bond acceptors (Lipinski definition) is 4. The fourth-order valence-corrected chi connectivity index (χ4v) is 2.33. The number of piperazine rings is 1. The number of rotatable bonds is 4. The van der Waals surface area contributed by atoms with Crippen LogP contribution in [0.5, 0.6) is 0 Å². The predicted octanol–water partition coefficient (Wildman–Crippen LogP) is 0.298. The Balaban J connectivity index is 1.60. The van der Waals surface area contributed by atoms with Gasteiger partial charge < -0.3 is 10.2 Å². The molecule has 2 amide bonds. The minimum absolute atomic E-state index is 0.101. The molecule has 0 bridgehead atoms. The molecule has 0 radical (unpaired) electrons. The van der Waals surface area contributed by atoms with Gasteiger partial charge in [0.25, 0.3) is 0 Å². The SMILES string of the molecule is O=C1CN(C(=O)/C=C/c2cn(Cc3ccccc3)nn2)CCN1. The van der Waals surface area contributed by atoms with Crippen molar-refractivity contribution < 1.29 is 9.59 Å². The summed E-state index contributed by atoms with van der Waals surface area (Å²) in [6.07, 6.45) is 4.82. The van der Waals surface area contributed by atoms with Crippen LogP contribution >= 0.6 is 0 Å². The van der Waals surface area contributed by atoms with E-state index < -0.39 is 0 Å². The van der Waals surface area contributed by atoms with E-state index in [2.05, 4.69) is 15.6 Å². The second-order valence-electron chi connectivity index (χ2n) is 5.27. The molecule has 1 aliphatic heterocycles. The molecular formula is C16H17N5O2. The third kappa shape index (κ3) is 4.03. The molecule has 1 N–H and O–H groups in total. The number of aromatic nitrogens is 3. The zero-order valence-corrected chi connectivity index (χ0v) is 12.6. The summed E-state index contributed by atoms with van der Waals surface area (Å²) in [6, 6.07) is 9.94. The number of amides is 2. The molecule has 23 heavy (non-hydrogen) atoms. The molecule has 2 aromatic rings. The fourth-order valence-electron chi connectivity index (χ4n) is 2.33. The van der Waals surface area contributed by atoms with Crippen LogP contribution in [0.1, 0.15) is 11.3 Å². The van der Waals surface area contributed by atoms with Crippen LogP contribution in [0.3, 0.4) is 0 Å². The molecule has 7 nitrogen and oxygen atoms in total. The summed E-state index contributed by atoms with van der Waals surface area (Å²) >= 11 is 0. The highest BCUT2D eigenvalue weighted by Gasteiger charge is 2.19. The topological polar surface area (TPSA) is 80.1 Å². The Hall–Kier alpha value is -2.96. The van der Waals surface area contributed by atoms with Gasteiger partial charge in [-0.25, -0.2) is 4.68 Å². The van der Waals surface area contributed by atoms with Gasteiger partial charge in [-0.3, -0.25) is 9.59 Å². The zero-order chi connectivity index (χ0) is 16.1. The summed E-state index contributed by atoms with van der Waals surface area (Å²) in [6.45, 7) is 1.74. The van der Waals surface area contributed by atoms with Crippen molar-refractivity contribution in [1.82, 2.24) is 25.2 Å². The Kier molecular flexibility index (Phi) is 4.46. The van der Waals surface area contributed by atoms with Gasteiger partial charge >= 0.3 is 0 Å². The van der Waals surface area contributed by atoms with E-state index in [4.69, 9.17) is 0 Å². The summed E-state index contributed by atoms with van der Waals surface area (Å²) in [7, 11) is 0. The Morgan fingerprint density at radius 1 is 1.30 bits per heavy atom. The second-order valence-corrected chi connectivity index (χ2v) is 5.27. The molecule has 0 unspecified atom stereocenters. The maximum Gasteiger partial charge on any atom is 0.247 e. The molecule has 118 valence electrons. The smallest absolute Gasteiger partial charge is 0.247 e. The first-order chi connectivity index (χ1) is 11.2. The molecular weight excluding hydrogens is 294 g/mol. The quantitative estimate of drug-likeness (QED) is 0.824. The van der Waals surface area contributed by atoms with Crippen molar-refractivity contribution in [2.24, 2.45) is 0 Å². The van der Waals surface area contributed by atoms with Gasteiger partial charge in [-0.2, -0.15) is 0 Å². The van der Waals surface area contributed by atoms with Gasteiger partial charge in [0, 0.05) is 19.2 Å². The molecule has 1 aromatic heterocycles. The third-order valence-electron chi connectivity index (χ3n) is 3.49. The largest absolute Gasteiger partial charge is 0.353 e. The average Bonchev–Trinajstić information content (AvgIpc) is 3.01. The summed E-state index contributed by atoms with van der Waals surface area (Å²) < 4.78 is 1.72. The molecule has 1 aliphatic rings. The Morgan fingerprint density at radius 2 is 2.13 bits per heavy atom. The van der Waals surface area contributed by atoms with Gasteiger partial charge in [-0.1, -0.05) is 35.5 Å². The van der Waals surface area contributed by atoms with Crippen molar-refractivity contribution in [3.05, 3.63) is 53.9 Å². The first-order valence-electron chi connectivity index (χ1n) is 7.38. The molecule has 0 spiro atoms. The standard InChI is InChI=1S/C16H17N5O2/c22-15-12-20(9-8-17-15)16(23)7-6-14-11-21(19-18-14)10-13-4-2-1-3-5-13/h1-7,11H,8-10,12H2,(H,17,22)/b7-6+. The van der Waals surface area contributed by atoms with Crippen molar-refractivity contribution in [1.29, 1.82) is 0 Å². The van der Waals surface area contributed by atoms with Crippen molar-refractivity contribution in [3.63, 3.8) is 0 Å². The van der Waals surface area contributed by atoms with Crippen LogP contribution in [0.15, 0.2) is 42.6 Å². The third-order valence-corrected chi connectivity index (χ3v) is 3.49. The molecule has 0 saturated carbocycles. The minimum Gasteiger partial charge on any atom is -0.353 e. The van der Waals surface area contributed by atoms with Gasteiger partial charge in [-0.15, -0.1) is 5.10 Å². The zero-order valence-electron chi connectivity index (χ0n) is 12.6. The molecule has 1 fully saturated rings. The van der Waals surface area contributed by atoms with Gasteiger partial charge in [0.1, 0.15) is 5.69 Å². The van der Waals surface area contributed by atoms with Crippen LogP contribution in [-0.4, -0.2) is 51.3 Å². The lowest BCUT2D eigenvalue weighted by Crippen LogP contribution is -2.49. The Bertz CT molecular complexity index is 723.